The first-order valence-electron chi connectivity index (χ1n) is 9.34. The molecule has 2 aromatic carbocycles. The zero-order valence-electron chi connectivity index (χ0n) is 16.8. The first-order valence-corrected chi connectivity index (χ1v) is 12.7. The number of ether oxygens (including phenoxy) is 1. The quantitative estimate of drug-likeness (QED) is 0.452. The third kappa shape index (κ3) is 5.68. The molecule has 2 unspecified atom stereocenters. The molecule has 1 saturated heterocycles. The molecule has 0 aliphatic carbocycles. The summed E-state index contributed by atoms with van der Waals surface area (Å²) < 4.78 is 31.0. The molecule has 1 aliphatic heterocycles. The number of anilines is 1. The number of thioether (sulfide) groups is 1. The number of carbonyl (C=O) groups is 3. The van der Waals surface area contributed by atoms with Gasteiger partial charge in [0.1, 0.15) is 5.50 Å². The molecule has 2 atom stereocenters. The van der Waals surface area contributed by atoms with Crippen molar-refractivity contribution >= 4 is 61.0 Å². The summed E-state index contributed by atoms with van der Waals surface area (Å²) in [7, 11) is -2.62. The van der Waals surface area contributed by atoms with Crippen LogP contribution in [0.2, 0.25) is 0 Å². The van der Waals surface area contributed by atoms with E-state index < -0.39 is 38.4 Å². The lowest BCUT2D eigenvalue weighted by Crippen LogP contribution is -2.59. The molecule has 0 spiro atoms. The van der Waals surface area contributed by atoms with E-state index in [2.05, 4.69) is 31.9 Å². The minimum absolute atomic E-state index is 0.0441. The number of amides is 2. The lowest BCUT2D eigenvalue weighted by atomic mass is 10.2. The van der Waals surface area contributed by atoms with Crippen molar-refractivity contribution in [3.63, 3.8) is 0 Å². The van der Waals surface area contributed by atoms with E-state index in [1.807, 2.05) is 0 Å². The van der Waals surface area contributed by atoms with Gasteiger partial charge >= 0.3 is 5.97 Å². The highest BCUT2D eigenvalue weighted by Gasteiger charge is 2.38. The maximum absolute atomic E-state index is 12.8. The molecule has 0 bridgehead atoms. The van der Waals surface area contributed by atoms with Crippen LogP contribution in [0, 0.1) is 0 Å². The third-order valence-electron chi connectivity index (χ3n) is 4.56. The van der Waals surface area contributed by atoms with Crippen molar-refractivity contribution in [2.75, 3.05) is 24.7 Å². The fraction of sp³-hybridized carbons (Fsp3) is 0.250. The van der Waals surface area contributed by atoms with Gasteiger partial charge in [0, 0.05) is 11.0 Å². The second-order valence-corrected chi connectivity index (χ2v) is 10.8. The van der Waals surface area contributed by atoms with E-state index in [9.17, 15) is 22.8 Å². The van der Waals surface area contributed by atoms with Crippen molar-refractivity contribution in [3.05, 3.63) is 58.6 Å². The van der Waals surface area contributed by atoms with Gasteiger partial charge in [-0.05, 0) is 36.4 Å². The summed E-state index contributed by atoms with van der Waals surface area (Å²) in [6.45, 7) is -0.0886. The van der Waals surface area contributed by atoms with Gasteiger partial charge in [-0.15, -0.1) is 11.8 Å². The van der Waals surface area contributed by atoms with E-state index in [0.717, 1.165) is 16.2 Å². The van der Waals surface area contributed by atoms with Crippen LogP contribution in [0.1, 0.15) is 10.4 Å². The molecule has 12 heteroatoms. The minimum atomic E-state index is -3.87. The third-order valence-corrected chi connectivity index (χ3v) is 8.19. The van der Waals surface area contributed by atoms with Crippen LogP contribution < -0.4 is 16.0 Å². The predicted molar refractivity (Wildman–Crippen MR) is 124 cm³/mol. The lowest BCUT2D eigenvalue weighted by Gasteiger charge is -2.29. The van der Waals surface area contributed by atoms with Gasteiger partial charge in [-0.25, -0.2) is 13.2 Å². The number of methoxy groups -OCH3 is 1. The Labute approximate surface area is 197 Å². The molecule has 3 N–H and O–H groups in total. The van der Waals surface area contributed by atoms with Gasteiger partial charge in [0.15, 0.2) is 15.1 Å². The van der Waals surface area contributed by atoms with Crippen LogP contribution in [0.25, 0.3) is 0 Å². The van der Waals surface area contributed by atoms with Crippen LogP contribution in [-0.4, -0.2) is 56.4 Å². The molecule has 170 valence electrons. The van der Waals surface area contributed by atoms with Gasteiger partial charge in [-0.1, -0.05) is 28.1 Å². The smallest absolute Gasteiger partial charge is 0.339 e. The van der Waals surface area contributed by atoms with Gasteiger partial charge in [-0.2, -0.15) is 0 Å². The molecule has 9 nitrogen and oxygen atoms in total. The second-order valence-electron chi connectivity index (χ2n) is 6.68. The largest absolute Gasteiger partial charge is 0.465 e. The van der Waals surface area contributed by atoms with Crippen molar-refractivity contribution in [1.29, 1.82) is 0 Å². The highest BCUT2D eigenvalue weighted by Crippen LogP contribution is 2.22. The van der Waals surface area contributed by atoms with Crippen molar-refractivity contribution in [2.24, 2.45) is 0 Å². The zero-order valence-corrected chi connectivity index (χ0v) is 20.1. The van der Waals surface area contributed by atoms with Crippen molar-refractivity contribution < 1.29 is 27.5 Å². The number of esters is 1. The van der Waals surface area contributed by atoms with E-state index in [-0.39, 0.29) is 22.8 Å². The Bertz CT molecular complexity index is 1120. The number of carbonyl (C=O) groups excluding carboxylic acids is 3. The maximum atomic E-state index is 12.8. The summed E-state index contributed by atoms with van der Waals surface area (Å²) >= 11 is 4.33. The Morgan fingerprint density at radius 3 is 2.53 bits per heavy atom. The fourth-order valence-electron chi connectivity index (χ4n) is 2.95. The molecule has 0 radical (unpaired) electrons. The summed E-state index contributed by atoms with van der Waals surface area (Å²) in [5.41, 5.74) is -0.106. The predicted octanol–water partition coefficient (Wildman–Crippen LogP) is 1.75. The number of sulfone groups is 1. The number of halogens is 1. The summed E-state index contributed by atoms with van der Waals surface area (Å²) in [5, 5.41) is 6.87. The molecule has 1 aliphatic rings. The van der Waals surface area contributed by atoms with Gasteiger partial charge in [0.25, 0.3) is 0 Å². The first kappa shape index (κ1) is 24.2. The van der Waals surface area contributed by atoms with Crippen LogP contribution in [-0.2, 0) is 24.2 Å². The molecule has 0 saturated carbocycles. The topological polar surface area (TPSA) is 131 Å². The van der Waals surface area contributed by atoms with Crippen LogP contribution in [0.3, 0.4) is 0 Å². The Morgan fingerprint density at radius 1 is 1.19 bits per heavy atom. The Morgan fingerprint density at radius 2 is 1.88 bits per heavy atom. The minimum Gasteiger partial charge on any atom is -0.465 e. The van der Waals surface area contributed by atoms with E-state index >= 15 is 0 Å². The average molecular weight is 542 g/mol. The molecule has 0 aromatic heterocycles. The first-order chi connectivity index (χ1) is 15.2. The monoisotopic (exact) mass is 541 g/mol. The highest BCUT2D eigenvalue weighted by molar-refractivity contribution is 9.10. The standard InChI is InChI=1S/C20H20BrN3O6S2/c1-30-19(27)14-4-2-3-5-15(14)23-17(25)11-31-20-22-10-16(18(26)24-20)32(28,29)13-8-6-12(21)7-9-13/h2-9,16,20,22H,10-11H2,1H3,(H,23,25)(H,24,26). The molecule has 1 fully saturated rings. The lowest BCUT2D eigenvalue weighted by molar-refractivity contribution is -0.122. The summed E-state index contributed by atoms with van der Waals surface area (Å²) in [4.78, 5) is 36.6. The molecular formula is C20H20BrN3O6S2. The second kappa shape index (κ2) is 10.5. The van der Waals surface area contributed by atoms with E-state index in [1.165, 1.54) is 25.3 Å². The van der Waals surface area contributed by atoms with Gasteiger partial charge < -0.3 is 15.4 Å². The SMILES string of the molecule is COC(=O)c1ccccc1NC(=O)CSC1NCC(S(=O)(=O)c2ccc(Br)cc2)C(=O)N1. The number of hydrogen-bond donors (Lipinski definition) is 3. The molecule has 3 rings (SSSR count). The normalized spacial score (nSPS) is 18.5. The number of para-hydroxylation sites is 1. The van der Waals surface area contributed by atoms with Crippen molar-refractivity contribution in [1.82, 2.24) is 10.6 Å². The van der Waals surface area contributed by atoms with E-state index in [1.54, 1.807) is 30.3 Å². The van der Waals surface area contributed by atoms with Gasteiger partial charge in [0.2, 0.25) is 11.8 Å². The molecule has 32 heavy (non-hydrogen) atoms. The molecule has 1 heterocycles. The van der Waals surface area contributed by atoms with Crippen LogP contribution >= 0.6 is 27.7 Å². The van der Waals surface area contributed by atoms with E-state index in [4.69, 9.17) is 4.74 Å². The summed E-state index contributed by atoms with van der Waals surface area (Å²) in [5.74, 6) is -1.65. The van der Waals surface area contributed by atoms with Gasteiger partial charge in [-0.3, -0.25) is 14.9 Å². The summed E-state index contributed by atoms with van der Waals surface area (Å²) in [6.07, 6.45) is 0. The number of benzene rings is 2. The van der Waals surface area contributed by atoms with Crippen molar-refractivity contribution in [2.45, 2.75) is 15.6 Å². The Kier molecular flexibility index (Phi) is 7.93. The maximum Gasteiger partial charge on any atom is 0.339 e. The molecular weight excluding hydrogens is 522 g/mol. The average Bonchev–Trinajstić information content (AvgIpc) is 2.77. The summed E-state index contributed by atoms with van der Waals surface area (Å²) in [6, 6.07) is 12.5. The van der Waals surface area contributed by atoms with Gasteiger partial charge in [0.05, 0.1) is 29.0 Å². The molecule has 2 aromatic rings. The Balaban J connectivity index is 1.56. The number of hydrogen-bond acceptors (Lipinski definition) is 8. The highest BCUT2D eigenvalue weighted by atomic mass is 79.9. The molecule has 2 amide bonds. The number of nitrogens with one attached hydrogen (secondary N) is 3. The van der Waals surface area contributed by atoms with Crippen LogP contribution in [0.4, 0.5) is 5.69 Å². The van der Waals surface area contributed by atoms with Crippen LogP contribution in [0.15, 0.2) is 57.9 Å². The zero-order chi connectivity index (χ0) is 23.3. The van der Waals surface area contributed by atoms with Crippen molar-refractivity contribution in [3.8, 4) is 0 Å². The van der Waals surface area contributed by atoms with E-state index in [0.29, 0.717) is 5.69 Å². The van der Waals surface area contributed by atoms with Crippen LogP contribution in [0.5, 0.6) is 0 Å². The Hall–Kier alpha value is -2.41. The number of rotatable bonds is 7. The fourth-order valence-corrected chi connectivity index (χ4v) is 5.52.